The van der Waals surface area contributed by atoms with Crippen molar-refractivity contribution in [3.63, 3.8) is 0 Å². The molecule has 0 spiro atoms. The molecule has 1 heterocycles. The summed E-state index contributed by atoms with van der Waals surface area (Å²) in [7, 11) is 0. The Morgan fingerprint density at radius 1 is 1.11 bits per heavy atom. The van der Waals surface area contributed by atoms with Crippen molar-refractivity contribution in [2.24, 2.45) is 0 Å². The molecule has 0 atom stereocenters. The molecule has 0 saturated heterocycles. The van der Waals surface area contributed by atoms with Crippen molar-refractivity contribution in [3.8, 4) is 16.9 Å². The van der Waals surface area contributed by atoms with Crippen LogP contribution in [0.2, 0.25) is 0 Å². The SMILES string of the molecule is Oc1cncc(-c2cccc(C(F)(F)F)c2F)c1. The van der Waals surface area contributed by atoms with E-state index in [0.717, 1.165) is 18.3 Å². The molecule has 2 aromatic rings. The van der Waals surface area contributed by atoms with E-state index in [1.54, 1.807) is 0 Å². The van der Waals surface area contributed by atoms with Crippen molar-refractivity contribution in [1.29, 1.82) is 0 Å². The molecule has 0 radical (unpaired) electrons. The number of nitrogens with zero attached hydrogens (tertiary/aromatic N) is 1. The van der Waals surface area contributed by atoms with Crippen molar-refractivity contribution in [1.82, 2.24) is 4.98 Å². The van der Waals surface area contributed by atoms with Crippen molar-refractivity contribution >= 4 is 0 Å². The minimum Gasteiger partial charge on any atom is -0.506 e. The normalized spacial score (nSPS) is 11.6. The summed E-state index contributed by atoms with van der Waals surface area (Å²) in [6, 6.07) is 4.10. The van der Waals surface area contributed by atoms with Crippen LogP contribution in [0.25, 0.3) is 11.1 Å². The lowest BCUT2D eigenvalue weighted by Crippen LogP contribution is -2.08. The summed E-state index contributed by atoms with van der Waals surface area (Å²) in [5, 5.41) is 9.19. The molecule has 0 aliphatic rings. The van der Waals surface area contributed by atoms with Crippen LogP contribution in [0, 0.1) is 5.82 Å². The van der Waals surface area contributed by atoms with Gasteiger partial charge in [-0.25, -0.2) is 4.39 Å². The molecule has 0 aliphatic carbocycles. The second-order valence-corrected chi connectivity index (χ2v) is 3.60. The molecule has 94 valence electrons. The number of pyridine rings is 1. The Morgan fingerprint density at radius 2 is 1.83 bits per heavy atom. The lowest BCUT2D eigenvalue weighted by molar-refractivity contribution is -0.139. The van der Waals surface area contributed by atoms with Gasteiger partial charge >= 0.3 is 6.18 Å². The molecular weight excluding hydrogens is 250 g/mol. The van der Waals surface area contributed by atoms with Crippen LogP contribution in [0.15, 0.2) is 36.7 Å². The molecule has 1 aromatic heterocycles. The van der Waals surface area contributed by atoms with Crippen molar-refractivity contribution in [2.75, 3.05) is 0 Å². The Hall–Kier alpha value is -2.11. The third-order valence-electron chi connectivity index (χ3n) is 2.34. The van der Waals surface area contributed by atoms with E-state index in [-0.39, 0.29) is 16.9 Å². The second-order valence-electron chi connectivity index (χ2n) is 3.60. The molecule has 0 saturated carbocycles. The van der Waals surface area contributed by atoms with E-state index in [1.165, 1.54) is 12.3 Å². The van der Waals surface area contributed by atoms with Crippen molar-refractivity contribution < 1.29 is 22.7 Å². The Labute approximate surface area is 99.5 Å². The van der Waals surface area contributed by atoms with Crippen LogP contribution in [-0.2, 0) is 6.18 Å². The molecule has 0 bridgehead atoms. The monoisotopic (exact) mass is 257 g/mol. The van der Waals surface area contributed by atoms with Gasteiger partial charge in [-0.05, 0) is 12.1 Å². The van der Waals surface area contributed by atoms with Crippen LogP contribution in [0.3, 0.4) is 0 Å². The molecule has 0 fully saturated rings. The summed E-state index contributed by atoms with van der Waals surface area (Å²) < 4.78 is 51.3. The average Bonchev–Trinajstić information content (AvgIpc) is 2.27. The van der Waals surface area contributed by atoms with Gasteiger partial charge in [-0.15, -0.1) is 0 Å². The minimum atomic E-state index is -4.76. The van der Waals surface area contributed by atoms with Gasteiger partial charge in [0.2, 0.25) is 0 Å². The standard InChI is InChI=1S/C12H7F4NO/c13-11-9(7-4-8(18)6-17-5-7)2-1-3-10(11)12(14,15)16/h1-6,18H. The summed E-state index contributed by atoms with van der Waals surface area (Å²) in [6.07, 6.45) is -2.47. The molecule has 1 N–H and O–H groups in total. The van der Waals surface area contributed by atoms with E-state index in [2.05, 4.69) is 4.98 Å². The van der Waals surface area contributed by atoms with Gasteiger partial charge in [0.05, 0.1) is 11.8 Å². The summed E-state index contributed by atoms with van der Waals surface area (Å²) in [6.45, 7) is 0. The highest BCUT2D eigenvalue weighted by Crippen LogP contribution is 2.35. The quantitative estimate of drug-likeness (QED) is 0.791. The number of halogens is 4. The maximum Gasteiger partial charge on any atom is 0.419 e. The first-order chi connectivity index (χ1) is 8.39. The van der Waals surface area contributed by atoms with E-state index >= 15 is 0 Å². The fourth-order valence-corrected chi connectivity index (χ4v) is 1.55. The Morgan fingerprint density at radius 3 is 2.44 bits per heavy atom. The number of aromatic nitrogens is 1. The third-order valence-corrected chi connectivity index (χ3v) is 2.34. The van der Waals surface area contributed by atoms with E-state index in [9.17, 15) is 22.7 Å². The summed E-state index contributed by atoms with van der Waals surface area (Å²) >= 11 is 0. The predicted octanol–water partition coefficient (Wildman–Crippen LogP) is 3.61. The van der Waals surface area contributed by atoms with Gasteiger partial charge < -0.3 is 5.11 Å². The number of hydrogen-bond donors (Lipinski definition) is 1. The topological polar surface area (TPSA) is 33.1 Å². The van der Waals surface area contributed by atoms with Gasteiger partial charge in [0.1, 0.15) is 11.6 Å². The highest BCUT2D eigenvalue weighted by Gasteiger charge is 2.34. The van der Waals surface area contributed by atoms with Crippen molar-refractivity contribution in [3.05, 3.63) is 48.0 Å². The van der Waals surface area contributed by atoms with Gasteiger partial charge in [0, 0.05) is 17.3 Å². The van der Waals surface area contributed by atoms with Crippen LogP contribution in [0.5, 0.6) is 5.75 Å². The maximum atomic E-state index is 13.8. The van der Waals surface area contributed by atoms with E-state index < -0.39 is 17.6 Å². The van der Waals surface area contributed by atoms with E-state index in [4.69, 9.17) is 0 Å². The molecule has 0 amide bonds. The van der Waals surface area contributed by atoms with E-state index in [1.807, 2.05) is 0 Å². The van der Waals surface area contributed by atoms with Gasteiger partial charge in [-0.3, -0.25) is 4.98 Å². The van der Waals surface area contributed by atoms with Gasteiger partial charge in [0.25, 0.3) is 0 Å². The molecule has 2 rings (SSSR count). The van der Waals surface area contributed by atoms with Crippen LogP contribution >= 0.6 is 0 Å². The fraction of sp³-hybridized carbons (Fsp3) is 0.0833. The molecule has 1 aromatic carbocycles. The lowest BCUT2D eigenvalue weighted by atomic mass is 10.0. The zero-order valence-corrected chi connectivity index (χ0v) is 8.87. The number of alkyl halides is 3. The summed E-state index contributed by atoms with van der Waals surface area (Å²) in [5.74, 6) is -1.62. The van der Waals surface area contributed by atoms with Gasteiger partial charge in [-0.1, -0.05) is 12.1 Å². The lowest BCUT2D eigenvalue weighted by Gasteiger charge is -2.11. The number of benzene rings is 1. The number of aromatic hydroxyl groups is 1. The maximum absolute atomic E-state index is 13.8. The Bertz CT molecular complexity index is 581. The zero-order valence-electron chi connectivity index (χ0n) is 8.87. The number of hydrogen-bond acceptors (Lipinski definition) is 2. The van der Waals surface area contributed by atoms with Crippen molar-refractivity contribution in [2.45, 2.75) is 6.18 Å². The molecule has 0 aliphatic heterocycles. The molecule has 0 unspecified atom stereocenters. The molecule has 2 nitrogen and oxygen atoms in total. The molecule has 6 heteroatoms. The number of rotatable bonds is 1. The molecule has 18 heavy (non-hydrogen) atoms. The van der Waals surface area contributed by atoms with E-state index in [0.29, 0.717) is 6.07 Å². The summed E-state index contributed by atoms with van der Waals surface area (Å²) in [4.78, 5) is 3.60. The highest BCUT2D eigenvalue weighted by atomic mass is 19.4. The van der Waals surface area contributed by atoms with Crippen LogP contribution < -0.4 is 0 Å². The predicted molar refractivity (Wildman–Crippen MR) is 56.3 cm³/mol. The Balaban J connectivity index is 2.60. The van der Waals surface area contributed by atoms with Crippen LogP contribution in [0.1, 0.15) is 5.56 Å². The first kappa shape index (κ1) is 12.3. The fourth-order valence-electron chi connectivity index (χ4n) is 1.55. The van der Waals surface area contributed by atoms with Crippen LogP contribution in [0.4, 0.5) is 17.6 Å². The van der Waals surface area contributed by atoms with Gasteiger partial charge in [0.15, 0.2) is 0 Å². The molecular formula is C12H7F4NO. The minimum absolute atomic E-state index is 0.0820. The Kier molecular flexibility index (Phi) is 2.94. The second kappa shape index (κ2) is 4.29. The van der Waals surface area contributed by atoms with Gasteiger partial charge in [-0.2, -0.15) is 13.2 Å². The largest absolute Gasteiger partial charge is 0.506 e. The third kappa shape index (κ3) is 2.27. The first-order valence-corrected chi connectivity index (χ1v) is 4.89. The summed E-state index contributed by atoms with van der Waals surface area (Å²) in [5.41, 5.74) is -1.52. The first-order valence-electron chi connectivity index (χ1n) is 4.89. The van der Waals surface area contributed by atoms with Crippen LogP contribution in [-0.4, -0.2) is 10.1 Å². The highest BCUT2D eigenvalue weighted by molar-refractivity contribution is 5.65. The average molecular weight is 257 g/mol. The zero-order chi connectivity index (χ0) is 13.3. The smallest absolute Gasteiger partial charge is 0.419 e.